The molecule has 2 rings (SSSR count). The maximum atomic E-state index is 10.3. The van der Waals surface area contributed by atoms with E-state index in [0.717, 1.165) is 43.4 Å². The molecule has 0 aliphatic heterocycles. The molecule has 1 heterocycles. The van der Waals surface area contributed by atoms with Crippen molar-refractivity contribution in [2.24, 2.45) is 5.73 Å². The number of carboxylic acids is 2. The van der Waals surface area contributed by atoms with Crippen LogP contribution in [0, 0.1) is 0 Å². The van der Waals surface area contributed by atoms with Crippen molar-refractivity contribution in [2.75, 3.05) is 0 Å². The Bertz CT molecular complexity index is 448. The van der Waals surface area contributed by atoms with Gasteiger partial charge in [-0.1, -0.05) is 6.42 Å². The van der Waals surface area contributed by atoms with Gasteiger partial charge in [-0.15, -0.1) is 11.3 Å². The van der Waals surface area contributed by atoms with Crippen molar-refractivity contribution in [3.05, 3.63) is 21.9 Å². The van der Waals surface area contributed by atoms with Crippen molar-refractivity contribution in [1.82, 2.24) is 5.48 Å². The highest BCUT2D eigenvalue weighted by Gasteiger charge is 2.14. The van der Waals surface area contributed by atoms with E-state index in [1.807, 2.05) is 0 Å². The summed E-state index contributed by atoms with van der Waals surface area (Å²) in [4.78, 5) is 20.6. The first kappa shape index (κ1) is 17.6. The normalized spacial score (nSPS) is 21.8. The molecule has 1 aromatic rings. The molecule has 1 saturated carbocycles. The smallest absolute Gasteiger partial charge is 0.345 e. The second kappa shape index (κ2) is 8.73. The highest BCUT2D eigenvalue weighted by atomic mass is 32.1. The van der Waals surface area contributed by atoms with Crippen LogP contribution < -0.4 is 11.2 Å². The lowest BCUT2D eigenvalue weighted by Crippen LogP contribution is -2.25. The van der Waals surface area contributed by atoms with Crippen molar-refractivity contribution in [2.45, 2.75) is 44.2 Å². The maximum absolute atomic E-state index is 10.3. The van der Waals surface area contributed by atoms with E-state index in [4.69, 9.17) is 21.2 Å². The number of hydrogen-bond acceptors (Lipinski definition) is 6. The van der Waals surface area contributed by atoms with Crippen molar-refractivity contribution in [3.63, 3.8) is 0 Å². The summed E-state index contributed by atoms with van der Waals surface area (Å²) >= 11 is 0.750. The molecule has 6 N–H and O–H groups in total. The second-order valence-electron chi connectivity index (χ2n) is 4.87. The zero-order chi connectivity index (χ0) is 15.8. The molecule has 0 saturated heterocycles. The second-order valence-corrected chi connectivity index (χ2v) is 5.95. The largest absolute Gasteiger partial charge is 0.477 e. The molecular formula is C13H20N2O5S. The van der Waals surface area contributed by atoms with Gasteiger partial charge in [-0.3, -0.25) is 0 Å². The van der Waals surface area contributed by atoms with Crippen molar-refractivity contribution in [1.29, 1.82) is 0 Å². The van der Waals surface area contributed by atoms with Gasteiger partial charge in [0.25, 0.3) is 0 Å². The molecule has 0 radical (unpaired) electrons. The number of aromatic carboxylic acids is 2. The van der Waals surface area contributed by atoms with Gasteiger partial charge in [0, 0.05) is 12.1 Å². The van der Waals surface area contributed by atoms with Gasteiger partial charge >= 0.3 is 11.9 Å². The third-order valence-corrected chi connectivity index (χ3v) is 4.28. The van der Waals surface area contributed by atoms with Gasteiger partial charge in [0.1, 0.15) is 9.75 Å². The van der Waals surface area contributed by atoms with Crippen LogP contribution in [0.4, 0.5) is 0 Å². The van der Waals surface area contributed by atoms with Gasteiger partial charge in [-0.05, 0) is 37.8 Å². The van der Waals surface area contributed by atoms with E-state index in [2.05, 4.69) is 5.48 Å². The number of carboxylic acid groups (broad SMARTS) is 2. The van der Waals surface area contributed by atoms with Crippen LogP contribution >= 0.6 is 11.3 Å². The Kier molecular flexibility index (Phi) is 7.30. The number of hydroxylamine groups is 1. The van der Waals surface area contributed by atoms with E-state index in [1.165, 1.54) is 12.1 Å². The Morgan fingerprint density at radius 3 is 2.10 bits per heavy atom. The predicted molar refractivity (Wildman–Crippen MR) is 78.0 cm³/mol. The molecule has 1 aromatic heterocycles. The number of nitrogens with two attached hydrogens (primary N) is 1. The number of hydrogen-bond donors (Lipinski definition) is 5. The molecule has 0 aromatic carbocycles. The van der Waals surface area contributed by atoms with Gasteiger partial charge in [-0.2, -0.15) is 0 Å². The zero-order valence-corrected chi connectivity index (χ0v) is 12.3. The van der Waals surface area contributed by atoms with Crippen LogP contribution in [0.25, 0.3) is 0 Å². The van der Waals surface area contributed by atoms with E-state index in [1.54, 1.807) is 0 Å². The van der Waals surface area contributed by atoms with Gasteiger partial charge in [0.15, 0.2) is 0 Å². The summed E-state index contributed by atoms with van der Waals surface area (Å²) in [5, 5.41) is 25.4. The van der Waals surface area contributed by atoms with E-state index in [-0.39, 0.29) is 15.8 Å². The van der Waals surface area contributed by atoms with Gasteiger partial charge in [0.2, 0.25) is 0 Å². The minimum absolute atomic E-state index is 0.0439. The Morgan fingerprint density at radius 1 is 1.10 bits per heavy atom. The van der Waals surface area contributed by atoms with Crippen molar-refractivity contribution < 1.29 is 25.0 Å². The van der Waals surface area contributed by atoms with Crippen molar-refractivity contribution in [3.8, 4) is 0 Å². The monoisotopic (exact) mass is 316 g/mol. The zero-order valence-electron chi connectivity index (χ0n) is 11.5. The molecule has 1 fully saturated rings. The number of carbonyl (C=O) groups is 2. The quantitative estimate of drug-likeness (QED) is 0.424. The third-order valence-electron chi connectivity index (χ3n) is 3.22. The molecule has 2 atom stereocenters. The Hall–Kier alpha value is -1.48. The van der Waals surface area contributed by atoms with Crippen LogP contribution in [-0.2, 0) is 0 Å². The lowest BCUT2D eigenvalue weighted by molar-refractivity contribution is 0.0693. The number of nitrogens with one attached hydrogen (secondary N) is 1. The minimum Gasteiger partial charge on any atom is -0.477 e. The number of thiophene rings is 1. The summed E-state index contributed by atoms with van der Waals surface area (Å²) in [5.41, 5.74) is 8.05. The molecule has 0 amide bonds. The van der Waals surface area contributed by atoms with E-state index >= 15 is 0 Å². The molecule has 7 nitrogen and oxygen atoms in total. The molecule has 118 valence electrons. The van der Waals surface area contributed by atoms with Crippen LogP contribution in [0.2, 0.25) is 0 Å². The molecule has 0 bridgehead atoms. The third kappa shape index (κ3) is 6.21. The summed E-state index contributed by atoms with van der Waals surface area (Å²) in [6.07, 6.45) is 5.36. The van der Waals surface area contributed by atoms with Crippen LogP contribution in [-0.4, -0.2) is 39.4 Å². The topological polar surface area (TPSA) is 133 Å². The summed E-state index contributed by atoms with van der Waals surface area (Å²) in [5.74, 6) is -2.19. The summed E-state index contributed by atoms with van der Waals surface area (Å²) in [6.45, 7) is 0. The molecule has 0 spiro atoms. The fourth-order valence-electron chi connectivity index (χ4n) is 2.03. The summed E-state index contributed by atoms with van der Waals surface area (Å²) < 4.78 is 0. The lowest BCUT2D eigenvalue weighted by atomic mass is 10.1. The van der Waals surface area contributed by atoms with Crippen LogP contribution in [0.5, 0.6) is 0 Å². The Morgan fingerprint density at radius 2 is 1.67 bits per heavy atom. The molecular weight excluding hydrogens is 296 g/mol. The standard InChI is InChI=1S/C7H16N2O.C6H4O4S/c8-6-2-1-3-7(9-10)5-4-6;7-5(8)3-1-2-4(11-3)6(9)10/h6-7,9-10H,1-5,8H2;1-2H,(H,7,8)(H,9,10). The van der Waals surface area contributed by atoms with E-state index in [0.29, 0.717) is 6.04 Å². The first-order valence-corrected chi connectivity index (χ1v) is 7.47. The summed E-state index contributed by atoms with van der Waals surface area (Å²) in [7, 11) is 0. The highest BCUT2D eigenvalue weighted by molar-refractivity contribution is 7.15. The first-order chi connectivity index (χ1) is 9.93. The summed E-state index contributed by atoms with van der Waals surface area (Å²) in [6, 6.07) is 3.19. The molecule has 1 aliphatic carbocycles. The average Bonchev–Trinajstić information content (AvgIpc) is 2.85. The average molecular weight is 316 g/mol. The fraction of sp³-hybridized carbons (Fsp3) is 0.538. The molecule has 2 unspecified atom stereocenters. The van der Waals surface area contributed by atoms with Gasteiger partial charge in [0.05, 0.1) is 0 Å². The van der Waals surface area contributed by atoms with E-state index in [9.17, 15) is 9.59 Å². The van der Waals surface area contributed by atoms with Gasteiger partial charge < -0.3 is 21.2 Å². The Balaban J connectivity index is 0.000000211. The van der Waals surface area contributed by atoms with Crippen LogP contribution in [0.3, 0.4) is 0 Å². The number of rotatable bonds is 3. The molecule has 21 heavy (non-hydrogen) atoms. The molecule has 8 heteroatoms. The minimum atomic E-state index is -1.09. The Labute approximate surface area is 126 Å². The van der Waals surface area contributed by atoms with Crippen LogP contribution in [0.1, 0.15) is 51.4 Å². The predicted octanol–water partition coefficient (Wildman–Crippen LogP) is 1.77. The highest BCUT2D eigenvalue weighted by Crippen LogP contribution is 2.16. The SMILES string of the molecule is NC1CCCC(NO)CC1.O=C(O)c1ccc(C(=O)O)s1. The lowest BCUT2D eigenvalue weighted by Gasteiger charge is -2.10. The fourth-order valence-corrected chi connectivity index (χ4v) is 2.71. The van der Waals surface area contributed by atoms with Crippen molar-refractivity contribution >= 4 is 23.3 Å². The van der Waals surface area contributed by atoms with E-state index < -0.39 is 11.9 Å². The molecule has 1 aliphatic rings. The maximum Gasteiger partial charge on any atom is 0.345 e. The van der Waals surface area contributed by atoms with Crippen LogP contribution in [0.15, 0.2) is 12.1 Å². The first-order valence-electron chi connectivity index (χ1n) is 6.65. The van der Waals surface area contributed by atoms with Gasteiger partial charge in [-0.25, -0.2) is 15.1 Å².